The SMILES string of the molecule is CN1CCN(C(=O)c2ccc(Sc3nc(NN)nc(-c4cc(OCN)c(Cl)cc4Cl)n3)cc2)CC1. The van der Waals surface area contributed by atoms with E-state index >= 15 is 0 Å². The maximum Gasteiger partial charge on any atom is 0.253 e. The minimum absolute atomic E-state index is 0.0274. The minimum atomic E-state index is -0.0536. The fourth-order valence-electron chi connectivity index (χ4n) is 3.45. The highest BCUT2D eigenvalue weighted by Gasteiger charge is 2.20. The number of nitrogens with zero attached hydrogens (tertiary/aromatic N) is 5. The predicted octanol–water partition coefficient (Wildman–Crippen LogP) is 2.96. The van der Waals surface area contributed by atoms with Crippen molar-refractivity contribution in [2.75, 3.05) is 45.4 Å². The number of anilines is 1. The summed E-state index contributed by atoms with van der Waals surface area (Å²) in [6.45, 7) is 3.13. The first-order valence-corrected chi connectivity index (χ1v) is 12.3. The van der Waals surface area contributed by atoms with Crippen molar-refractivity contribution in [1.82, 2.24) is 24.8 Å². The van der Waals surface area contributed by atoms with E-state index in [1.54, 1.807) is 18.2 Å². The molecule has 1 aliphatic rings. The third-order valence-corrected chi connectivity index (χ3v) is 6.83. The monoisotopic (exact) mass is 534 g/mol. The van der Waals surface area contributed by atoms with Crippen molar-refractivity contribution in [3.8, 4) is 17.1 Å². The summed E-state index contributed by atoms with van der Waals surface area (Å²) in [6.07, 6.45) is 0. The molecule has 13 heteroatoms. The summed E-state index contributed by atoms with van der Waals surface area (Å²) in [5, 5.41) is 1.03. The lowest BCUT2D eigenvalue weighted by Crippen LogP contribution is -2.47. The van der Waals surface area contributed by atoms with Gasteiger partial charge in [-0.15, -0.1) is 0 Å². The van der Waals surface area contributed by atoms with E-state index in [2.05, 4.69) is 32.3 Å². The van der Waals surface area contributed by atoms with Crippen LogP contribution in [-0.4, -0.2) is 70.6 Å². The summed E-state index contributed by atoms with van der Waals surface area (Å²) in [5.74, 6) is 6.40. The van der Waals surface area contributed by atoms with Crippen molar-refractivity contribution >= 4 is 46.8 Å². The van der Waals surface area contributed by atoms with E-state index in [0.29, 0.717) is 32.1 Å². The molecule has 4 rings (SSSR count). The summed E-state index contributed by atoms with van der Waals surface area (Å²) in [4.78, 5) is 30.9. The quantitative estimate of drug-likeness (QED) is 0.235. The molecule has 1 aliphatic heterocycles. The molecule has 0 aliphatic carbocycles. The van der Waals surface area contributed by atoms with Crippen LogP contribution in [0.4, 0.5) is 5.95 Å². The highest BCUT2D eigenvalue weighted by molar-refractivity contribution is 7.99. The zero-order valence-corrected chi connectivity index (χ0v) is 21.2. The number of aromatic nitrogens is 3. The summed E-state index contributed by atoms with van der Waals surface area (Å²) >= 11 is 13.9. The second-order valence-corrected chi connectivity index (χ2v) is 9.56. The average Bonchev–Trinajstić information content (AvgIpc) is 2.86. The van der Waals surface area contributed by atoms with E-state index in [-0.39, 0.29) is 24.4 Å². The van der Waals surface area contributed by atoms with Crippen molar-refractivity contribution in [2.24, 2.45) is 11.6 Å². The fraction of sp³-hybridized carbons (Fsp3) is 0.273. The summed E-state index contributed by atoms with van der Waals surface area (Å²) < 4.78 is 5.35. The molecule has 35 heavy (non-hydrogen) atoms. The van der Waals surface area contributed by atoms with Crippen LogP contribution >= 0.6 is 35.0 Å². The summed E-state index contributed by atoms with van der Waals surface area (Å²) in [7, 11) is 2.06. The number of nitrogens with two attached hydrogens (primary N) is 2. The number of halogens is 2. The number of nitrogens with one attached hydrogen (secondary N) is 1. The highest BCUT2D eigenvalue weighted by atomic mass is 35.5. The Hall–Kier alpha value is -2.67. The molecule has 0 bridgehead atoms. The van der Waals surface area contributed by atoms with Gasteiger partial charge in [0.25, 0.3) is 5.91 Å². The van der Waals surface area contributed by atoms with E-state index in [9.17, 15) is 4.79 Å². The van der Waals surface area contributed by atoms with Gasteiger partial charge in [0.2, 0.25) is 5.95 Å². The van der Waals surface area contributed by atoms with Gasteiger partial charge in [0, 0.05) is 42.2 Å². The van der Waals surface area contributed by atoms with Crippen LogP contribution in [-0.2, 0) is 0 Å². The smallest absolute Gasteiger partial charge is 0.253 e. The Balaban J connectivity index is 1.56. The topological polar surface area (TPSA) is 136 Å². The van der Waals surface area contributed by atoms with E-state index in [1.165, 1.54) is 17.8 Å². The van der Waals surface area contributed by atoms with Crippen molar-refractivity contribution < 1.29 is 9.53 Å². The number of benzene rings is 2. The van der Waals surface area contributed by atoms with Crippen LogP contribution in [0.2, 0.25) is 10.0 Å². The Morgan fingerprint density at radius 2 is 1.80 bits per heavy atom. The molecule has 1 fully saturated rings. The van der Waals surface area contributed by atoms with Crippen molar-refractivity contribution in [3.63, 3.8) is 0 Å². The van der Waals surface area contributed by atoms with Gasteiger partial charge in [0.05, 0.1) is 10.0 Å². The van der Waals surface area contributed by atoms with Crippen LogP contribution < -0.4 is 21.7 Å². The second kappa shape index (κ2) is 11.4. The Kier molecular flexibility index (Phi) is 8.26. The molecule has 1 amide bonds. The van der Waals surface area contributed by atoms with Gasteiger partial charge in [-0.25, -0.2) is 10.8 Å². The standard InChI is InChI=1S/C22H24Cl2N8O2S/c1-31-6-8-32(9-7-31)20(33)13-2-4-14(5-3-13)35-22-28-19(27-21(29-22)30-26)15-10-18(34-12-25)17(24)11-16(15)23/h2-5,10-11H,6-9,12,25-26H2,1H3,(H,27,28,29,30). The number of piperazine rings is 1. The van der Waals surface area contributed by atoms with Crippen molar-refractivity contribution in [2.45, 2.75) is 10.1 Å². The average molecular weight is 535 g/mol. The van der Waals surface area contributed by atoms with E-state index in [1.807, 2.05) is 17.0 Å². The number of carbonyl (C=O) groups is 1. The first kappa shape index (κ1) is 25.4. The molecule has 3 aromatic rings. The van der Waals surface area contributed by atoms with Gasteiger partial charge in [-0.2, -0.15) is 9.97 Å². The zero-order chi connectivity index (χ0) is 24.9. The largest absolute Gasteiger partial charge is 0.477 e. The number of rotatable bonds is 7. The van der Waals surface area contributed by atoms with E-state index in [0.717, 1.165) is 31.1 Å². The first-order valence-electron chi connectivity index (χ1n) is 10.7. The zero-order valence-electron chi connectivity index (χ0n) is 18.9. The van der Waals surface area contributed by atoms with Gasteiger partial charge in [0.1, 0.15) is 12.5 Å². The molecule has 0 unspecified atom stereocenters. The Bertz CT molecular complexity index is 1210. The van der Waals surface area contributed by atoms with Gasteiger partial charge >= 0.3 is 0 Å². The molecule has 184 valence electrons. The number of carbonyl (C=O) groups excluding carboxylic acids is 1. The Labute approximate surface area is 216 Å². The van der Waals surface area contributed by atoms with Crippen LogP contribution in [0.15, 0.2) is 46.5 Å². The van der Waals surface area contributed by atoms with Gasteiger partial charge in [-0.3, -0.25) is 16.0 Å². The van der Waals surface area contributed by atoms with E-state index < -0.39 is 0 Å². The molecular formula is C22H24Cl2N8O2S. The van der Waals surface area contributed by atoms with Gasteiger partial charge in [-0.05, 0) is 55.2 Å². The third-order valence-electron chi connectivity index (χ3n) is 5.35. The molecule has 5 N–H and O–H groups in total. The Morgan fingerprint density at radius 3 is 2.46 bits per heavy atom. The Morgan fingerprint density at radius 1 is 1.09 bits per heavy atom. The van der Waals surface area contributed by atoms with Crippen LogP contribution in [0.25, 0.3) is 11.4 Å². The lowest BCUT2D eigenvalue weighted by molar-refractivity contribution is 0.0664. The van der Waals surface area contributed by atoms with Crippen LogP contribution in [0.5, 0.6) is 5.75 Å². The highest BCUT2D eigenvalue weighted by Crippen LogP contribution is 2.36. The number of likely N-dealkylation sites (N-methyl/N-ethyl adjacent to an activating group) is 1. The predicted molar refractivity (Wildman–Crippen MR) is 137 cm³/mol. The molecule has 1 aromatic heterocycles. The van der Waals surface area contributed by atoms with E-state index in [4.69, 9.17) is 39.5 Å². The fourth-order valence-corrected chi connectivity index (χ4v) is 4.72. The third kappa shape index (κ3) is 6.13. The molecule has 0 radical (unpaired) electrons. The molecule has 0 saturated carbocycles. The number of ether oxygens (including phenoxy) is 1. The van der Waals surface area contributed by atoms with Crippen LogP contribution in [0.3, 0.4) is 0 Å². The van der Waals surface area contributed by atoms with Gasteiger partial charge in [-0.1, -0.05) is 23.2 Å². The molecule has 2 aromatic carbocycles. The normalized spacial score (nSPS) is 14.1. The summed E-state index contributed by atoms with van der Waals surface area (Å²) in [5.41, 5.74) is 9.05. The molecule has 1 saturated heterocycles. The second-order valence-electron chi connectivity index (χ2n) is 7.70. The maximum absolute atomic E-state index is 12.8. The maximum atomic E-state index is 12.8. The summed E-state index contributed by atoms with van der Waals surface area (Å²) in [6, 6.07) is 10.5. The number of hydrogen-bond donors (Lipinski definition) is 3. The molecule has 0 atom stereocenters. The molecule has 10 nitrogen and oxygen atoms in total. The lowest BCUT2D eigenvalue weighted by Gasteiger charge is -2.32. The number of hydrazine groups is 1. The molecular weight excluding hydrogens is 511 g/mol. The van der Waals surface area contributed by atoms with Gasteiger partial charge < -0.3 is 14.5 Å². The lowest BCUT2D eigenvalue weighted by atomic mass is 10.2. The molecule has 0 spiro atoms. The van der Waals surface area contributed by atoms with Crippen LogP contribution in [0, 0.1) is 0 Å². The number of hydrogen-bond acceptors (Lipinski definition) is 10. The number of amides is 1. The van der Waals surface area contributed by atoms with Gasteiger partial charge in [0.15, 0.2) is 11.0 Å². The number of nitrogen functional groups attached to an aromatic ring is 1. The van der Waals surface area contributed by atoms with Crippen molar-refractivity contribution in [3.05, 3.63) is 52.0 Å². The first-order chi connectivity index (χ1) is 16.9. The van der Waals surface area contributed by atoms with Crippen LogP contribution in [0.1, 0.15) is 10.4 Å². The van der Waals surface area contributed by atoms with Crippen molar-refractivity contribution in [1.29, 1.82) is 0 Å². The molecule has 2 heterocycles. The minimum Gasteiger partial charge on any atom is -0.477 e.